The van der Waals surface area contributed by atoms with E-state index in [1.54, 1.807) is 11.3 Å². The second kappa shape index (κ2) is 7.86. The van der Waals surface area contributed by atoms with Gasteiger partial charge in [0.1, 0.15) is 0 Å². The molecule has 2 nitrogen and oxygen atoms in total. The molecule has 152 valence electrons. The molecule has 0 aliphatic heterocycles. The summed E-state index contributed by atoms with van der Waals surface area (Å²) < 4.78 is 2.37. The second-order valence-electron chi connectivity index (χ2n) is 7.62. The van der Waals surface area contributed by atoms with E-state index in [4.69, 9.17) is 21.6 Å². The van der Waals surface area contributed by atoms with Crippen molar-refractivity contribution in [1.82, 2.24) is 9.97 Å². The number of thiophene rings is 1. The lowest BCUT2D eigenvalue weighted by Gasteiger charge is -2.09. The van der Waals surface area contributed by atoms with Crippen molar-refractivity contribution in [3.63, 3.8) is 0 Å². The van der Waals surface area contributed by atoms with Crippen LogP contribution >= 0.6 is 22.9 Å². The van der Waals surface area contributed by atoms with Crippen molar-refractivity contribution in [1.29, 1.82) is 0 Å². The fraction of sp³-hybridized carbons (Fsp3) is 0. The number of hydrogen-bond donors (Lipinski definition) is 0. The van der Waals surface area contributed by atoms with Gasteiger partial charge >= 0.3 is 0 Å². The predicted molar refractivity (Wildman–Crippen MR) is 136 cm³/mol. The van der Waals surface area contributed by atoms with E-state index in [0.29, 0.717) is 0 Å². The van der Waals surface area contributed by atoms with Crippen LogP contribution in [0.15, 0.2) is 103 Å². The standard InChI is InChI=1S/C28H17ClN2S/c29-22-12-7-13-25-27(22)21-15-14-20(16-26(21)32-25)28-30-23(18-8-3-1-4-9-18)17-24(31-28)19-10-5-2-6-11-19/h1-17H. The van der Waals surface area contributed by atoms with Crippen molar-refractivity contribution in [3.05, 3.63) is 108 Å². The van der Waals surface area contributed by atoms with E-state index >= 15 is 0 Å². The van der Waals surface area contributed by atoms with Crippen LogP contribution in [0, 0.1) is 0 Å². The number of benzene rings is 4. The smallest absolute Gasteiger partial charge is 0.160 e. The minimum Gasteiger partial charge on any atom is -0.228 e. The van der Waals surface area contributed by atoms with Crippen molar-refractivity contribution in [2.75, 3.05) is 0 Å². The molecule has 0 radical (unpaired) electrons. The minimum absolute atomic E-state index is 0.718. The lowest BCUT2D eigenvalue weighted by atomic mass is 10.1. The van der Waals surface area contributed by atoms with Gasteiger partial charge in [-0.1, -0.05) is 90.5 Å². The third kappa shape index (κ3) is 3.36. The molecule has 0 aliphatic carbocycles. The fourth-order valence-electron chi connectivity index (χ4n) is 4.01. The van der Waals surface area contributed by atoms with E-state index in [-0.39, 0.29) is 0 Å². The lowest BCUT2D eigenvalue weighted by molar-refractivity contribution is 1.18. The Morgan fingerprint density at radius 2 is 1.22 bits per heavy atom. The first kappa shape index (κ1) is 19.2. The Balaban J connectivity index is 1.56. The molecule has 32 heavy (non-hydrogen) atoms. The van der Waals surface area contributed by atoms with Crippen molar-refractivity contribution in [2.24, 2.45) is 0 Å². The van der Waals surface area contributed by atoms with Gasteiger partial charge in [0.25, 0.3) is 0 Å². The van der Waals surface area contributed by atoms with Crippen LogP contribution in [0.4, 0.5) is 0 Å². The molecule has 0 spiro atoms. The molecule has 6 aromatic rings. The van der Waals surface area contributed by atoms with Crippen molar-refractivity contribution >= 4 is 43.1 Å². The van der Waals surface area contributed by atoms with Gasteiger partial charge in [-0.25, -0.2) is 9.97 Å². The van der Waals surface area contributed by atoms with Crippen LogP contribution in [0.1, 0.15) is 0 Å². The maximum absolute atomic E-state index is 6.49. The van der Waals surface area contributed by atoms with Crippen LogP contribution in [0.2, 0.25) is 5.02 Å². The average Bonchev–Trinajstić information content (AvgIpc) is 3.24. The van der Waals surface area contributed by atoms with E-state index in [2.05, 4.69) is 54.6 Å². The molecule has 4 heteroatoms. The van der Waals surface area contributed by atoms with Crippen LogP contribution in [0.5, 0.6) is 0 Å². The molecule has 0 saturated heterocycles. The van der Waals surface area contributed by atoms with Crippen LogP contribution in [0.3, 0.4) is 0 Å². The van der Waals surface area contributed by atoms with Gasteiger partial charge in [-0.05, 0) is 24.3 Å². The molecule has 0 fully saturated rings. The Kier molecular flexibility index (Phi) is 4.71. The van der Waals surface area contributed by atoms with Crippen LogP contribution < -0.4 is 0 Å². The molecule has 0 N–H and O–H groups in total. The van der Waals surface area contributed by atoms with Crippen LogP contribution in [-0.2, 0) is 0 Å². The molecule has 0 bridgehead atoms. The monoisotopic (exact) mass is 448 g/mol. The summed E-state index contributed by atoms with van der Waals surface area (Å²) in [5.41, 5.74) is 4.96. The predicted octanol–water partition coefficient (Wildman–Crippen LogP) is 8.50. The first-order valence-electron chi connectivity index (χ1n) is 10.4. The highest BCUT2D eigenvalue weighted by molar-refractivity contribution is 7.26. The third-order valence-corrected chi connectivity index (χ3v) is 7.00. The van der Waals surface area contributed by atoms with E-state index in [1.165, 1.54) is 14.8 Å². The minimum atomic E-state index is 0.718. The van der Waals surface area contributed by atoms with E-state index in [0.717, 1.165) is 44.3 Å². The molecular formula is C28H17ClN2S. The Bertz CT molecular complexity index is 1520. The third-order valence-electron chi connectivity index (χ3n) is 5.57. The molecule has 0 atom stereocenters. The normalized spacial score (nSPS) is 11.3. The molecule has 2 heterocycles. The molecule has 2 aromatic heterocycles. The summed E-state index contributed by atoms with van der Waals surface area (Å²) in [4.78, 5) is 9.89. The van der Waals surface area contributed by atoms with Crippen molar-refractivity contribution in [2.45, 2.75) is 0 Å². The molecular weight excluding hydrogens is 432 g/mol. The van der Waals surface area contributed by atoms with Gasteiger partial charge in [0.05, 0.1) is 11.4 Å². The number of rotatable bonds is 3. The Morgan fingerprint density at radius 3 is 1.88 bits per heavy atom. The average molecular weight is 449 g/mol. The zero-order chi connectivity index (χ0) is 21.5. The van der Waals surface area contributed by atoms with Gasteiger partial charge < -0.3 is 0 Å². The zero-order valence-electron chi connectivity index (χ0n) is 17.0. The Labute approximate surface area is 194 Å². The molecule has 6 rings (SSSR count). The molecule has 0 aliphatic rings. The number of halogens is 1. The van der Waals surface area contributed by atoms with Crippen LogP contribution in [0.25, 0.3) is 54.1 Å². The Hall–Kier alpha value is -3.53. The second-order valence-corrected chi connectivity index (χ2v) is 9.11. The maximum Gasteiger partial charge on any atom is 0.160 e. The van der Waals surface area contributed by atoms with Gasteiger partial charge in [-0.2, -0.15) is 0 Å². The first-order chi connectivity index (χ1) is 15.8. The number of aromatic nitrogens is 2. The number of nitrogens with zero attached hydrogens (tertiary/aromatic N) is 2. The van der Waals surface area contributed by atoms with Gasteiger partial charge in [0, 0.05) is 41.9 Å². The Morgan fingerprint density at radius 1 is 0.562 bits per heavy atom. The summed E-state index contributed by atoms with van der Waals surface area (Å²) in [5, 5.41) is 3.07. The number of hydrogen-bond acceptors (Lipinski definition) is 3. The fourth-order valence-corrected chi connectivity index (χ4v) is 5.52. The van der Waals surface area contributed by atoms with E-state index in [1.807, 2.05) is 48.5 Å². The lowest BCUT2D eigenvalue weighted by Crippen LogP contribution is -1.95. The highest BCUT2D eigenvalue weighted by Gasteiger charge is 2.13. The van der Waals surface area contributed by atoms with Crippen molar-refractivity contribution < 1.29 is 0 Å². The molecule has 0 unspecified atom stereocenters. The van der Waals surface area contributed by atoms with Gasteiger partial charge in [-0.3, -0.25) is 0 Å². The SMILES string of the molecule is Clc1cccc2sc3cc(-c4nc(-c5ccccc5)cc(-c5ccccc5)n4)ccc3c12. The largest absolute Gasteiger partial charge is 0.228 e. The summed E-state index contributed by atoms with van der Waals surface area (Å²) in [6, 6.07) is 35.0. The van der Waals surface area contributed by atoms with E-state index < -0.39 is 0 Å². The van der Waals surface area contributed by atoms with Gasteiger partial charge in [0.2, 0.25) is 0 Å². The summed E-state index contributed by atoms with van der Waals surface area (Å²) in [5.74, 6) is 0.718. The highest BCUT2D eigenvalue weighted by atomic mass is 35.5. The van der Waals surface area contributed by atoms with Crippen molar-refractivity contribution in [3.8, 4) is 33.9 Å². The van der Waals surface area contributed by atoms with Gasteiger partial charge in [-0.15, -0.1) is 11.3 Å². The number of fused-ring (bicyclic) bond motifs is 3. The molecule has 0 amide bonds. The quantitative estimate of drug-likeness (QED) is 0.271. The molecule has 0 saturated carbocycles. The summed E-state index contributed by atoms with van der Waals surface area (Å²) in [7, 11) is 0. The summed E-state index contributed by atoms with van der Waals surface area (Å²) >= 11 is 8.24. The van der Waals surface area contributed by atoms with E-state index in [9.17, 15) is 0 Å². The topological polar surface area (TPSA) is 25.8 Å². The maximum atomic E-state index is 6.49. The first-order valence-corrected chi connectivity index (χ1v) is 11.6. The van der Waals surface area contributed by atoms with Crippen LogP contribution in [-0.4, -0.2) is 9.97 Å². The summed E-state index contributed by atoms with van der Waals surface area (Å²) in [6.45, 7) is 0. The molecule has 4 aromatic carbocycles. The van der Waals surface area contributed by atoms with Gasteiger partial charge in [0.15, 0.2) is 5.82 Å². The highest BCUT2D eigenvalue weighted by Crippen LogP contribution is 2.39. The zero-order valence-corrected chi connectivity index (χ0v) is 18.6. The summed E-state index contributed by atoms with van der Waals surface area (Å²) in [6.07, 6.45) is 0.